The van der Waals surface area contributed by atoms with E-state index in [-0.39, 0.29) is 29.6 Å². The highest BCUT2D eigenvalue weighted by Gasteiger charge is 2.37. The fourth-order valence-corrected chi connectivity index (χ4v) is 2.38. The van der Waals surface area contributed by atoms with E-state index < -0.39 is 46.9 Å². The van der Waals surface area contributed by atoms with Gasteiger partial charge in [-0.05, 0) is 42.5 Å². The smallest absolute Gasteiger partial charge is 0.399 e. The summed E-state index contributed by atoms with van der Waals surface area (Å²) in [6, 6.07) is 5.44. The van der Waals surface area contributed by atoms with Crippen LogP contribution in [0.4, 0.5) is 43.4 Å². The number of halogens is 6. The van der Waals surface area contributed by atoms with Crippen molar-refractivity contribution in [1.82, 2.24) is 0 Å². The van der Waals surface area contributed by atoms with Crippen molar-refractivity contribution in [3.63, 3.8) is 0 Å². The molecule has 30 heavy (non-hydrogen) atoms. The molecule has 0 aliphatic carbocycles. The van der Waals surface area contributed by atoms with E-state index in [1.165, 1.54) is 24.3 Å². The lowest BCUT2D eigenvalue weighted by atomic mass is 10.1. The number of amides is 3. The van der Waals surface area contributed by atoms with Crippen LogP contribution < -0.4 is 16.0 Å². The lowest BCUT2D eigenvalue weighted by molar-refractivity contribution is -0.143. The molecule has 0 radical (unpaired) electrons. The Kier molecular flexibility index (Phi) is 6.09. The molecule has 0 saturated heterocycles. The number of hydrogen-bond donors (Lipinski definition) is 2. The largest absolute Gasteiger partial charge is 0.416 e. The Morgan fingerprint density at radius 1 is 0.867 bits per heavy atom. The van der Waals surface area contributed by atoms with Crippen LogP contribution in [0.15, 0.2) is 42.5 Å². The zero-order chi connectivity index (χ0) is 22.9. The minimum atomic E-state index is -5.14. The molecule has 0 saturated carbocycles. The first kappa shape index (κ1) is 22.7. The molecule has 3 amide bonds. The van der Waals surface area contributed by atoms with Gasteiger partial charge in [0.15, 0.2) is 0 Å². The second-order valence-corrected chi connectivity index (χ2v) is 6.00. The Hall–Kier alpha value is -3.57. The van der Waals surface area contributed by atoms with Gasteiger partial charge in [-0.25, -0.2) is 4.90 Å². The van der Waals surface area contributed by atoms with Gasteiger partial charge >= 0.3 is 24.2 Å². The number of benzene rings is 2. The third kappa shape index (κ3) is 5.27. The maximum absolute atomic E-state index is 12.9. The predicted octanol–water partition coefficient (Wildman–Crippen LogP) is 3.82. The molecule has 3 N–H and O–H groups in total. The fraction of sp³-hybridized carbons (Fsp3) is 0.167. The van der Waals surface area contributed by atoms with Crippen molar-refractivity contribution in [3.8, 4) is 0 Å². The number of carbonyl (C=O) groups excluding carboxylic acids is 3. The highest BCUT2D eigenvalue weighted by atomic mass is 19.4. The van der Waals surface area contributed by atoms with Gasteiger partial charge in [-0.2, -0.15) is 26.3 Å². The summed E-state index contributed by atoms with van der Waals surface area (Å²) < 4.78 is 77.5. The summed E-state index contributed by atoms with van der Waals surface area (Å²) in [6.45, 7) is 0.938. The van der Waals surface area contributed by atoms with Gasteiger partial charge in [-0.15, -0.1) is 0 Å². The van der Waals surface area contributed by atoms with Crippen molar-refractivity contribution >= 4 is 34.8 Å². The topological polar surface area (TPSA) is 92.5 Å². The lowest BCUT2D eigenvalue weighted by Crippen LogP contribution is -2.42. The Morgan fingerprint density at radius 2 is 1.33 bits per heavy atom. The van der Waals surface area contributed by atoms with Gasteiger partial charge in [0.05, 0.1) is 16.8 Å². The fourth-order valence-electron chi connectivity index (χ4n) is 2.38. The third-order valence-electron chi connectivity index (χ3n) is 3.71. The van der Waals surface area contributed by atoms with Crippen molar-refractivity contribution in [1.29, 1.82) is 0 Å². The normalized spacial score (nSPS) is 11.7. The minimum absolute atomic E-state index is 0.0723. The summed E-state index contributed by atoms with van der Waals surface area (Å²) in [5.74, 6) is -4.05. The van der Waals surface area contributed by atoms with Crippen molar-refractivity contribution in [2.75, 3.05) is 16.0 Å². The number of nitrogens with zero attached hydrogens (tertiary/aromatic N) is 1. The van der Waals surface area contributed by atoms with Crippen LogP contribution in [0.1, 0.15) is 18.1 Å². The van der Waals surface area contributed by atoms with E-state index in [4.69, 9.17) is 5.73 Å². The van der Waals surface area contributed by atoms with E-state index >= 15 is 0 Å². The summed E-state index contributed by atoms with van der Waals surface area (Å²) in [4.78, 5) is 36.7. The molecule has 0 aliphatic heterocycles. The number of alkyl halides is 6. The SMILES string of the molecule is CC(=O)N(C(=O)C(=O)Nc1cc(C(F)(F)F)cc(C(F)(F)F)c1)c1ccc(N)cc1. The number of carbonyl (C=O) groups is 3. The van der Waals surface area contributed by atoms with Crippen LogP contribution in [0, 0.1) is 0 Å². The number of rotatable bonds is 2. The van der Waals surface area contributed by atoms with Gasteiger partial charge in [0.2, 0.25) is 5.91 Å². The number of nitrogens with two attached hydrogens (primary N) is 1. The molecule has 2 aromatic carbocycles. The second kappa shape index (κ2) is 8.05. The quantitative estimate of drug-likeness (QED) is 0.428. The van der Waals surface area contributed by atoms with E-state index in [1.807, 2.05) is 0 Å². The summed E-state index contributed by atoms with van der Waals surface area (Å²) in [5, 5.41) is 1.68. The van der Waals surface area contributed by atoms with Crippen molar-refractivity contribution in [3.05, 3.63) is 53.6 Å². The minimum Gasteiger partial charge on any atom is -0.399 e. The van der Waals surface area contributed by atoms with Crippen LogP contribution >= 0.6 is 0 Å². The zero-order valence-corrected chi connectivity index (χ0v) is 15.1. The molecule has 2 aromatic rings. The third-order valence-corrected chi connectivity index (χ3v) is 3.71. The molecule has 0 spiro atoms. The van der Waals surface area contributed by atoms with Crippen LogP contribution in [-0.4, -0.2) is 17.7 Å². The van der Waals surface area contributed by atoms with Gasteiger partial charge < -0.3 is 11.1 Å². The number of imide groups is 1. The summed E-state index contributed by atoms with van der Waals surface area (Å²) in [7, 11) is 0. The van der Waals surface area contributed by atoms with E-state index in [1.54, 1.807) is 5.32 Å². The van der Waals surface area contributed by atoms with Crippen molar-refractivity contribution in [2.45, 2.75) is 19.3 Å². The van der Waals surface area contributed by atoms with E-state index in [0.717, 1.165) is 6.92 Å². The van der Waals surface area contributed by atoms with Gasteiger partial charge in [0.25, 0.3) is 0 Å². The highest BCUT2D eigenvalue weighted by Crippen LogP contribution is 2.37. The van der Waals surface area contributed by atoms with Crippen LogP contribution in [-0.2, 0) is 26.7 Å². The maximum atomic E-state index is 12.9. The Balaban J connectivity index is 2.38. The van der Waals surface area contributed by atoms with Crippen LogP contribution in [0.3, 0.4) is 0 Å². The van der Waals surface area contributed by atoms with Gasteiger partial charge in [0.1, 0.15) is 0 Å². The van der Waals surface area contributed by atoms with E-state index in [9.17, 15) is 40.7 Å². The first-order valence-electron chi connectivity index (χ1n) is 8.01. The summed E-state index contributed by atoms with van der Waals surface area (Å²) in [6.07, 6.45) is -10.3. The zero-order valence-electron chi connectivity index (χ0n) is 15.1. The Bertz CT molecular complexity index is 952. The monoisotopic (exact) mass is 433 g/mol. The molecule has 2 rings (SSSR count). The average molecular weight is 433 g/mol. The molecule has 6 nitrogen and oxygen atoms in total. The molecule has 0 aliphatic rings. The number of anilines is 3. The van der Waals surface area contributed by atoms with Gasteiger partial charge in [-0.1, -0.05) is 0 Å². The highest BCUT2D eigenvalue weighted by molar-refractivity contribution is 6.48. The molecule has 0 fully saturated rings. The maximum Gasteiger partial charge on any atom is 0.416 e. The first-order chi connectivity index (χ1) is 13.7. The number of nitrogens with one attached hydrogen (secondary N) is 1. The van der Waals surface area contributed by atoms with Gasteiger partial charge in [0, 0.05) is 18.3 Å². The van der Waals surface area contributed by atoms with Crippen LogP contribution in [0.5, 0.6) is 0 Å². The van der Waals surface area contributed by atoms with Crippen LogP contribution in [0.2, 0.25) is 0 Å². The molecule has 12 heteroatoms. The number of hydrogen-bond acceptors (Lipinski definition) is 4. The Morgan fingerprint density at radius 3 is 1.73 bits per heavy atom. The molecule has 0 aromatic heterocycles. The lowest BCUT2D eigenvalue weighted by Gasteiger charge is -2.19. The van der Waals surface area contributed by atoms with E-state index in [0.29, 0.717) is 4.90 Å². The average Bonchev–Trinajstić information content (AvgIpc) is 2.61. The van der Waals surface area contributed by atoms with Crippen molar-refractivity contribution in [2.24, 2.45) is 0 Å². The van der Waals surface area contributed by atoms with Crippen molar-refractivity contribution < 1.29 is 40.7 Å². The molecular formula is C18H13F6N3O3. The molecule has 0 bridgehead atoms. The predicted molar refractivity (Wildman–Crippen MR) is 94.1 cm³/mol. The van der Waals surface area contributed by atoms with Crippen LogP contribution in [0.25, 0.3) is 0 Å². The van der Waals surface area contributed by atoms with Gasteiger partial charge in [-0.3, -0.25) is 14.4 Å². The first-order valence-corrected chi connectivity index (χ1v) is 8.01. The molecular weight excluding hydrogens is 420 g/mol. The Labute approximate surface area is 165 Å². The number of nitrogen functional groups attached to an aromatic ring is 1. The summed E-state index contributed by atoms with van der Waals surface area (Å²) in [5.41, 5.74) is 1.42. The second-order valence-electron chi connectivity index (χ2n) is 6.00. The molecule has 160 valence electrons. The van der Waals surface area contributed by atoms with E-state index in [2.05, 4.69) is 0 Å². The molecule has 0 atom stereocenters. The molecule has 0 heterocycles. The standard InChI is InChI=1S/C18H13F6N3O3/c1-9(28)27(14-4-2-12(25)3-5-14)16(30)15(29)26-13-7-10(17(19,20)21)6-11(8-13)18(22,23)24/h2-8H,25H2,1H3,(H,26,29). The molecule has 0 unspecified atom stereocenters. The summed E-state index contributed by atoms with van der Waals surface area (Å²) >= 11 is 0.